The summed E-state index contributed by atoms with van der Waals surface area (Å²) in [5.41, 5.74) is 4.26. The molecule has 5 heteroatoms. The van der Waals surface area contributed by atoms with Crippen molar-refractivity contribution in [2.24, 2.45) is 5.92 Å². The first-order chi connectivity index (χ1) is 15.6. The molecule has 1 N–H and O–H groups in total. The Morgan fingerprint density at radius 3 is 2.66 bits per heavy atom. The summed E-state index contributed by atoms with van der Waals surface area (Å²) in [5, 5.41) is 3.12. The number of rotatable bonds is 6. The quantitative estimate of drug-likeness (QED) is 0.483. The molecule has 0 unspecified atom stereocenters. The van der Waals surface area contributed by atoms with Crippen molar-refractivity contribution in [2.45, 2.75) is 51.1 Å². The second kappa shape index (κ2) is 10.6. The van der Waals surface area contributed by atoms with E-state index in [1.165, 1.54) is 35.8 Å². The van der Waals surface area contributed by atoms with Crippen molar-refractivity contribution >= 4 is 17.7 Å². The number of amides is 1. The summed E-state index contributed by atoms with van der Waals surface area (Å²) >= 11 is 0. The van der Waals surface area contributed by atoms with Gasteiger partial charge >= 0.3 is 0 Å². The van der Waals surface area contributed by atoms with Gasteiger partial charge in [0.25, 0.3) is 0 Å². The fourth-order valence-electron chi connectivity index (χ4n) is 4.81. The Labute approximate surface area is 190 Å². The summed E-state index contributed by atoms with van der Waals surface area (Å²) in [7, 11) is 0. The topological polar surface area (TPSA) is 36.7 Å². The molecule has 166 valence electrons. The van der Waals surface area contributed by atoms with Crippen molar-refractivity contribution in [1.82, 2.24) is 10.2 Å². The first-order valence-corrected chi connectivity index (χ1v) is 11.5. The van der Waals surface area contributed by atoms with Crippen LogP contribution < -0.4 is 5.32 Å². The van der Waals surface area contributed by atoms with E-state index in [1.54, 1.807) is 18.2 Å². The molecule has 1 aliphatic carbocycles. The maximum atomic E-state index is 13.0. The zero-order chi connectivity index (χ0) is 22.3. The minimum Gasteiger partial charge on any atom is -0.350 e. The average molecular weight is 432 g/mol. The molecule has 1 saturated carbocycles. The Bertz CT molecular complexity index is 1000. The largest absolute Gasteiger partial charge is 0.350 e. The van der Waals surface area contributed by atoms with Crippen LogP contribution in [0.4, 0.5) is 10.1 Å². The zero-order valence-corrected chi connectivity index (χ0v) is 18.4. The molecule has 0 spiro atoms. The van der Waals surface area contributed by atoms with Crippen LogP contribution in [0.5, 0.6) is 0 Å². The van der Waals surface area contributed by atoms with Crippen molar-refractivity contribution in [2.75, 3.05) is 13.1 Å². The average Bonchev–Trinajstić information content (AvgIpc) is 2.83. The SMILES string of the molecule is [C-]#[N+]c1ccc2c(c1)CCN(CCC1CCC(NC(=O)/C=C/c3ccc(F)cc3)CC1)C2. The van der Waals surface area contributed by atoms with Crippen molar-refractivity contribution < 1.29 is 9.18 Å². The van der Waals surface area contributed by atoms with E-state index in [-0.39, 0.29) is 17.8 Å². The highest BCUT2D eigenvalue weighted by Crippen LogP contribution is 2.29. The molecule has 0 atom stereocenters. The van der Waals surface area contributed by atoms with Crippen LogP contribution in [-0.2, 0) is 17.8 Å². The Morgan fingerprint density at radius 1 is 1.12 bits per heavy atom. The second-order valence-corrected chi connectivity index (χ2v) is 8.99. The van der Waals surface area contributed by atoms with Gasteiger partial charge in [-0.15, -0.1) is 0 Å². The summed E-state index contributed by atoms with van der Waals surface area (Å²) in [6, 6.07) is 12.5. The zero-order valence-electron chi connectivity index (χ0n) is 18.4. The minimum atomic E-state index is -0.274. The van der Waals surface area contributed by atoms with Gasteiger partial charge in [-0.3, -0.25) is 9.69 Å². The molecule has 2 aromatic carbocycles. The number of hydrogen-bond donors (Lipinski definition) is 1. The lowest BCUT2D eigenvalue weighted by atomic mass is 9.84. The van der Waals surface area contributed by atoms with Gasteiger partial charge < -0.3 is 5.32 Å². The Morgan fingerprint density at radius 2 is 1.91 bits per heavy atom. The van der Waals surface area contributed by atoms with Crippen LogP contribution in [0.3, 0.4) is 0 Å². The number of nitrogens with zero attached hydrogens (tertiary/aromatic N) is 2. The van der Waals surface area contributed by atoms with Crippen LogP contribution in [0.2, 0.25) is 0 Å². The molecule has 0 aromatic heterocycles. The third-order valence-corrected chi connectivity index (χ3v) is 6.75. The molecule has 1 amide bonds. The summed E-state index contributed by atoms with van der Waals surface area (Å²) in [4.78, 5) is 18.3. The van der Waals surface area contributed by atoms with Crippen LogP contribution in [0.15, 0.2) is 48.5 Å². The van der Waals surface area contributed by atoms with Crippen molar-refractivity contribution in [3.63, 3.8) is 0 Å². The van der Waals surface area contributed by atoms with Crippen molar-refractivity contribution in [3.8, 4) is 0 Å². The number of carbonyl (C=O) groups excluding carboxylic acids is 1. The van der Waals surface area contributed by atoms with Crippen LogP contribution in [-0.4, -0.2) is 29.9 Å². The highest BCUT2D eigenvalue weighted by molar-refractivity contribution is 5.91. The Kier molecular flexibility index (Phi) is 7.34. The lowest BCUT2D eigenvalue weighted by Crippen LogP contribution is -2.37. The van der Waals surface area contributed by atoms with E-state index in [0.717, 1.165) is 68.9 Å². The van der Waals surface area contributed by atoms with E-state index in [9.17, 15) is 9.18 Å². The molecule has 4 rings (SSSR count). The summed E-state index contributed by atoms with van der Waals surface area (Å²) in [5.74, 6) is 0.374. The molecule has 0 saturated heterocycles. The van der Waals surface area contributed by atoms with Crippen LogP contribution in [0.1, 0.15) is 48.8 Å². The highest BCUT2D eigenvalue weighted by Gasteiger charge is 2.23. The van der Waals surface area contributed by atoms with Gasteiger partial charge in [0.05, 0.1) is 6.57 Å². The molecule has 4 nitrogen and oxygen atoms in total. The highest BCUT2D eigenvalue weighted by atomic mass is 19.1. The van der Waals surface area contributed by atoms with Gasteiger partial charge in [0.15, 0.2) is 5.69 Å². The number of fused-ring (bicyclic) bond motifs is 1. The minimum absolute atomic E-state index is 0.0777. The van der Waals surface area contributed by atoms with Gasteiger partial charge in [-0.1, -0.05) is 35.9 Å². The van der Waals surface area contributed by atoms with Gasteiger partial charge in [-0.25, -0.2) is 9.24 Å². The molecule has 1 heterocycles. The van der Waals surface area contributed by atoms with E-state index in [1.807, 2.05) is 12.1 Å². The van der Waals surface area contributed by atoms with Gasteiger partial charge in [-0.2, -0.15) is 0 Å². The second-order valence-electron chi connectivity index (χ2n) is 8.99. The first-order valence-electron chi connectivity index (χ1n) is 11.5. The van der Waals surface area contributed by atoms with Gasteiger partial charge in [0, 0.05) is 25.2 Å². The van der Waals surface area contributed by atoms with Gasteiger partial charge in [0.1, 0.15) is 5.82 Å². The summed E-state index contributed by atoms with van der Waals surface area (Å²) < 4.78 is 13.0. The molecular weight excluding hydrogens is 401 g/mol. The predicted molar refractivity (Wildman–Crippen MR) is 126 cm³/mol. The lowest BCUT2D eigenvalue weighted by molar-refractivity contribution is -0.117. The van der Waals surface area contributed by atoms with Gasteiger partial charge in [-0.05, 0) is 80.3 Å². The smallest absolute Gasteiger partial charge is 0.244 e. The number of hydrogen-bond acceptors (Lipinski definition) is 2. The number of halogens is 1. The van der Waals surface area contributed by atoms with E-state index in [4.69, 9.17) is 6.57 Å². The van der Waals surface area contributed by atoms with Crippen molar-refractivity contribution in [1.29, 1.82) is 0 Å². The first kappa shape index (κ1) is 22.2. The van der Waals surface area contributed by atoms with E-state index < -0.39 is 0 Å². The molecular formula is C27H30FN3O. The Hall–Kier alpha value is -2.97. The molecule has 0 radical (unpaired) electrons. The number of benzene rings is 2. The Balaban J connectivity index is 1.16. The third kappa shape index (κ3) is 6.05. The summed E-state index contributed by atoms with van der Waals surface area (Å²) in [6.07, 6.45) is 9.88. The predicted octanol–water partition coefficient (Wildman–Crippen LogP) is 5.51. The van der Waals surface area contributed by atoms with Crippen molar-refractivity contribution in [3.05, 3.63) is 82.5 Å². The van der Waals surface area contributed by atoms with E-state index >= 15 is 0 Å². The third-order valence-electron chi connectivity index (χ3n) is 6.75. The number of nitrogens with one attached hydrogen (secondary N) is 1. The maximum Gasteiger partial charge on any atom is 0.244 e. The lowest BCUT2D eigenvalue weighted by Gasteiger charge is -2.33. The van der Waals surface area contributed by atoms with Gasteiger partial charge in [0.2, 0.25) is 5.91 Å². The molecule has 2 aromatic rings. The van der Waals surface area contributed by atoms with Crippen LogP contribution in [0, 0.1) is 18.3 Å². The number of carbonyl (C=O) groups is 1. The standard InChI is InChI=1S/C27H30FN3O/c1-29-26-12-7-23-19-31(17-15-22(23)18-26)16-14-21-4-10-25(11-5-21)30-27(32)13-6-20-2-8-24(28)9-3-20/h2-3,6-9,12-13,18,21,25H,4-5,10-11,14-17,19H2,(H,30,32)/b13-6+. The fraction of sp³-hybridized carbons (Fsp3) is 0.407. The molecule has 32 heavy (non-hydrogen) atoms. The van der Waals surface area contributed by atoms with Crippen LogP contribution >= 0.6 is 0 Å². The molecule has 1 fully saturated rings. The maximum absolute atomic E-state index is 13.0. The summed E-state index contributed by atoms with van der Waals surface area (Å²) in [6.45, 7) is 10.3. The normalized spacial score (nSPS) is 21.1. The van der Waals surface area contributed by atoms with E-state index in [2.05, 4.69) is 21.1 Å². The monoisotopic (exact) mass is 431 g/mol. The molecule has 1 aliphatic heterocycles. The fourth-order valence-corrected chi connectivity index (χ4v) is 4.81. The molecule has 0 bridgehead atoms. The van der Waals surface area contributed by atoms with Crippen LogP contribution in [0.25, 0.3) is 10.9 Å². The molecule has 2 aliphatic rings. The van der Waals surface area contributed by atoms with E-state index in [0.29, 0.717) is 0 Å².